The zero-order valence-electron chi connectivity index (χ0n) is 13.7. The van der Waals surface area contributed by atoms with E-state index in [-0.39, 0.29) is 5.54 Å². The molecule has 1 aliphatic heterocycles. The number of rotatable bonds is 3. The van der Waals surface area contributed by atoms with Crippen LogP contribution in [-0.4, -0.2) is 23.6 Å². The first-order valence-corrected chi connectivity index (χ1v) is 7.80. The highest BCUT2D eigenvalue weighted by Crippen LogP contribution is 2.26. The fourth-order valence-electron chi connectivity index (χ4n) is 2.61. The number of pyridine rings is 1. The van der Waals surface area contributed by atoms with Crippen LogP contribution in [0.5, 0.6) is 0 Å². The minimum Gasteiger partial charge on any atom is -0.371 e. The molecule has 2 rings (SSSR count). The van der Waals surface area contributed by atoms with Crippen molar-refractivity contribution in [2.75, 3.05) is 18.0 Å². The number of aromatic nitrogens is 1. The molecule has 0 atom stereocenters. The molecule has 1 saturated heterocycles. The molecule has 0 amide bonds. The number of aryl methyl sites for hydroxylation is 1. The zero-order chi connectivity index (χ0) is 14.8. The monoisotopic (exact) mass is 275 g/mol. The summed E-state index contributed by atoms with van der Waals surface area (Å²) in [5, 5.41) is 3.58. The lowest BCUT2D eigenvalue weighted by molar-refractivity contribution is 0.420. The summed E-state index contributed by atoms with van der Waals surface area (Å²) >= 11 is 0. The minimum absolute atomic E-state index is 0.137. The number of nitrogens with zero attached hydrogens (tertiary/aromatic N) is 2. The molecule has 3 heteroatoms. The first-order chi connectivity index (χ1) is 9.35. The quantitative estimate of drug-likeness (QED) is 0.915. The summed E-state index contributed by atoms with van der Waals surface area (Å²) < 4.78 is 0. The van der Waals surface area contributed by atoms with E-state index in [0.29, 0.717) is 0 Å². The lowest BCUT2D eigenvalue weighted by Crippen LogP contribution is -2.37. The molecule has 0 aliphatic carbocycles. The van der Waals surface area contributed by atoms with E-state index in [9.17, 15) is 0 Å². The maximum Gasteiger partial charge on any atom is 0.0445 e. The van der Waals surface area contributed by atoms with Crippen molar-refractivity contribution in [2.24, 2.45) is 5.92 Å². The molecule has 1 N–H and O–H groups in total. The van der Waals surface area contributed by atoms with Crippen molar-refractivity contribution in [1.82, 2.24) is 10.3 Å². The van der Waals surface area contributed by atoms with Gasteiger partial charge in [-0.1, -0.05) is 6.92 Å². The van der Waals surface area contributed by atoms with Crippen LogP contribution in [-0.2, 0) is 6.54 Å². The summed E-state index contributed by atoms with van der Waals surface area (Å²) in [6.07, 6.45) is 4.64. The van der Waals surface area contributed by atoms with E-state index < -0.39 is 0 Å². The van der Waals surface area contributed by atoms with Gasteiger partial charge in [-0.15, -0.1) is 0 Å². The summed E-state index contributed by atoms with van der Waals surface area (Å²) in [4.78, 5) is 7.02. The van der Waals surface area contributed by atoms with Crippen LogP contribution in [0.1, 0.15) is 51.8 Å². The van der Waals surface area contributed by atoms with Gasteiger partial charge in [0.1, 0.15) is 0 Å². The SMILES string of the molecule is Cc1cc(N2CCC(C)CC2)c(CNC(C)(C)C)cn1. The number of hydrogen-bond acceptors (Lipinski definition) is 3. The molecule has 0 saturated carbocycles. The summed E-state index contributed by atoms with van der Waals surface area (Å²) in [5.41, 5.74) is 3.94. The highest BCUT2D eigenvalue weighted by molar-refractivity contribution is 5.54. The van der Waals surface area contributed by atoms with E-state index in [4.69, 9.17) is 0 Å². The van der Waals surface area contributed by atoms with Crippen LogP contribution in [0.3, 0.4) is 0 Å². The number of hydrogen-bond donors (Lipinski definition) is 1. The molecule has 0 spiro atoms. The van der Waals surface area contributed by atoms with Crippen LogP contribution >= 0.6 is 0 Å². The number of anilines is 1. The highest BCUT2D eigenvalue weighted by Gasteiger charge is 2.19. The second kappa shape index (κ2) is 6.13. The Balaban J connectivity index is 2.15. The molecule has 1 fully saturated rings. The van der Waals surface area contributed by atoms with Crippen LogP contribution in [0.2, 0.25) is 0 Å². The Morgan fingerprint density at radius 3 is 2.55 bits per heavy atom. The lowest BCUT2D eigenvalue weighted by atomic mass is 9.98. The minimum atomic E-state index is 0.137. The molecule has 112 valence electrons. The van der Waals surface area contributed by atoms with Crippen molar-refractivity contribution in [3.8, 4) is 0 Å². The van der Waals surface area contributed by atoms with Gasteiger partial charge in [-0.25, -0.2) is 0 Å². The molecular weight excluding hydrogens is 246 g/mol. The van der Waals surface area contributed by atoms with Crippen molar-refractivity contribution in [1.29, 1.82) is 0 Å². The summed E-state index contributed by atoms with van der Waals surface area (Å²) in [5.74, 6) is 0.866. The van der Waals surface area contributed by atoms with E-state index in [2.05, 4.69) is 55.9 Å². The van der Waals surface area contributed by atoms with Gasteiger partial charge in [0.25, 0.3) is 0 Å². The molecule has 3 nitrogen and oxygen atoms in total. The highest BCUT2D eigenvalue weighted by atomic mass is 15.1. The lowest BCUT2D eigenvalue weighted by Gasteiger charge is -2.34. The van der Waals surface area contributed by atoms with Gasteiger partial charge in [0, 0.05) is 48.3 Å². The van der Waals surface area contributed by atoms with Gasteiger partial charge < -0.3 is 10.2 Å². The van der Waals surface area contributed by atoms with Gasteiger partial charge >= 0.3 is 0 Å². The molecule has 1 aromatic heterocycles. The Kier molecular flexibility index (Phi) is 4.69. The Hall–Kier alpha value is -1.09. The van der Waals surface area contributed by atoms with E-state index in [0.717, 1.165) is 18.2 Å². The standard InChI is InChI=1S/C17H29N3/c1-13-6-8-20(9-7-13)16-10-14(2)18-11-15(16)12-19-17(3,4)5/h10-11,13,19H,6-9,12H2,1-5H3. The predicted octanol–water partition coefficient (Wildman–Crippen LogP) is 3.51. The van der Waals surface area contributed by atoms with Crippen molar-refractivity contribution in [3.63, 3.8) is 0 Å². The Labute approximate surface area is 123 Å². The Morgan fingerprint density at radius 1 is 1.30 bits per heavy atom. The molecule has 1 aliphatic rings. The smallest absolute Gasteiger partial charge is 0.0445 e. The van der Waals surface area contributed by atoms with E-state index in [1.807, 2.05) is 6.20 Å². The average molecular weight is 275 g/mol. The molecule has 20 heavy (non-hydrogen) atoms. The Bertz CT molecular complexity index is 440. The summed E-state index contributed by atoms with van der Waals surface area (Å²) in [6.45, 7) is 14.3. The fourth-order valence-corrected chi connectivity index (χ4v) is 2.61. The summed E-state index contributed by atoms with van der Waals surface area (Å²) in [7, 11) is 0. The third kappa shape index (κ3) is 4.20. The van der Waals surface area contributed by atoms with Crippen molar-refractivity contribution in [3.05, 3.63) is 23.5 Å². The van der Waals surface area contributed by atoms with Crippen molar-refractivity contribution < 1.29 is 0 Å². The maximum absolute atomic E-state index is 4.48. The van der Waals surface area contributed by atoms with Crippen LogP contribution < -0.4 is 10.2 Å². The molecular formula is C17H29N3. The molecule has 0 radical (unpaired) electrons. The van der Waals surface area contributed by atoms with Gasteiger partial charge in [-0.05, 0) is 52.5 Å². The van der Waals surface area contributed by atoms with Crippen LogP contribution in [0.15, 0.2) is 12.3 Å². The predicted molar refractivity (Wildman–Crippen MR) is 86.2 cm³/mol. The van der Waals surface area contributed by atoms with Crippen LogP contribution in [0, 0.1) is 12.8 Å². The average Bonchev–Trinajstić information content (AvgIpc) is 2.37. The molecule has 0 aromatic carbocycles. The zero-order valence-corrected chi connectivity index (χ0v) is 13.7. The number of nitrogens with one attached hydrogen (secondary N) is 1. The third-order valence-electron chi connectivity index (χ3n) is 4.03. The first-order valence-electron chi connectivity index (χ1n) is 7.80. The van der Waals surface area contributed by atoms with Crippen molar-refractivity contribution in [2.45, 2.75) is 59.5 Å². The number of piperidine rings is 1. The van der Waals surface area contributed by atoms with E-state index >= 15 is 0 Å². The second-order valence-corrected chi connectivity index (χ2v) is 7.23. The van der Waals surface area contributed by atoms with Gasteiger partial charge in [0.2, 0.25) is 0 Å². The van der Waals surface area contributed by atoms with Gasteiger partial charge in [-0.3, -0.25) is 4.98 Å². The largest absolute Gasteiger partial charge is 0.371 e. The summed E-state index contributed by atoms with van der Waals surface area (Å²) in [6, 6.07) is 2.25. The van der Waals surface area contributed by atoms with Crippen LogP contribution in [0.4, 0.5) is 5.69 Å². The van der Waals surface area contributed by atoms with Crippen molar-refractivity contribution >= 4 is 5.69 Å². The molecule has 0 bridgehead atoms. The molecule has 0 unspecified atom stereocenters. The second-order valence-electron chi connectivity index (χ2n) is 7.23. The Morgan fingerprint density at radius 2 is 1.95 bits per heavy atom. The van der Waals surface area contributed by atoms with Gasteiger partial charge in [0.15, 0.2) is 0 Å². The maximum atomic E-state index is 4.48. The molecule has 1 aromatic rings. The van der Waals surface area contributed by atoms with Gasteiger partial charge in [0.05, 0.1) is 0 Å². The van der Waals surface area contributed by atoms with Crippen LogP contribution in [0.25, 0.3) is 0 Å². The third-order valence-corrected chi connectivity index (χ3v) is 4.03. The van der Waals surface area contributed by atoms with E-state index in [1.165, 1.54) is 37.2 Å². The fraction of sp³-hybridized carbons (Fsp3) is 0.706. The first kappa shape index (κ1) is 15.3. The van der Waals surface area contributed by atoms with E-state index in [1.54, 1.807) is 0 Å². The normalized spacial score (nSPS) is 17.6. The van der Waals surface area contributed by atoms with Gasteiger partial charge in [-0.2, -0.15) is 0 Å². The topological polar surface area (TPSA) is 28.2 Å². The molecule has 2 heterocycles.